The minimum absolute atomic E-state index is 0.265. The second-order valence-corrected chi connectivity index (χ2v) is 4.18. The molecule has 2 rings (SSSR count). The van der Waals surface area contributed by atoms with Crippen LogP contribution in [0.5, 0.6) is 5.75 Å². The SMILES string of the molecule is NCCOc1ccccc1NC(=O)c1c(F)cccc1F. The van der Waals surface area contributed by atoms with Crippen LogP contribution in [-0.2, 0) is 0 Å². The highest BCUT2D eigenvalue weighted by Gasteiger charge is 2.18. The summed E-state index contributed by atoms with van der Waals surface area (Å²) in [6, 6.07) is 9.82. The molecule has 0 aliphatic heterocycles. The van der Waals surface area contributed by atoms with Crippen molar-refractivity contribution in [3.05, 3.63) is 59.7 Å². The smallest absolute Gasteiger partial charge is 0.261 e. The van der Waals surface area contributed by atoms with Gasteiger partial charge >= 0.3 is 0 Å². The van der Waals surface area contributed by atoms with Gasteiger partial charge in [0.2, 0.25) is 0 Å². The Labute approximate surface area is 120 Å². The van der Waals surface area contributed by atoms with Gasteiger partial charge in [0.15, 0.2) is 0 Å². The fraction of sp³-hybridized carbons (Fsp3) is 0.133. The lowest BCUT2D eigenvalue weighted by molar-refractivity contribution is 0.101. The van der Waals surface area contributed by atoms with Crippen LogP contribution < -0.4 is 15.8 Å². The molecular formula is C15H14F2N2O2. The number of para-hydroxylation sites is 2. The molecular weight excluding hydrogens is 278 g/mol. The summed E-state index contributed by atoms with van der Waals surface area (Å²) in [4.78, 5) is 12.0. The summed E-state index contributed by atoms with van der Waals surface area (Å²) >= 11 is 0. The Morgan fingerprint density at radius 1 is 1.10 bits per heavy atom. The number of carbonyl (C=O) groups is 1. The van der Waals surface area contributed by atoms with Gasteiger partial charge in [-0.15, -0.1) is 0 Å². The maximum atomic E-state index is 13.6. The number of rotatable bonds is 5. The first-order valence-corrected chi connectivity index (χ1v) is 6.30. The molecule has 3 N–H and O–H groups in total. The van der Waals surface area contributed by atoms with Crippen molar-refractivity contribution in [3.63, 3.8) is 0 Å². The highest BCUT2D eigenvalue weighted by molar-refractivity contribution is 6.05. The van der Waals surface area contributed by atoms with E-state index in [-0.39, 0.29) is 6.61 Å². The van der Waals surface area contributed by atoms with Crippen molar-refractivity contribution in [1.29, 1.82) is 0 Å². The second-order valence-electron chi connectivity index (χ2n) is 4.18. The van der Waals surface area contributed by atoms with E-state index in [1.165, 1.54) is 6.07 Å². The summed E-state index contributed by atoms with van der Waals surface area (Å²) in [5.41, 5.74) is 5.03. The Kier molecular flexibility index (Phi) is 4.84. The molecule has 0 aliphatic carbocycles. The molecule has 0 atom stereocenters. The highest BCUT2D eigenvalue weighted by Crippen LogP contribution is 2.25. The number of halogens is 2. The number of benzene rings is 2. The largest absolute Gasteiger partial charge is 0.490 e. The van der Waals surface area contributed by atoms with Gasteiger partial charge in [-0.2, -0.15) is 0 Å². The fourth-order valence-electron chi connectivity index (χ4n) is 1.76. The van der Waals surface area contributed by atoms with Crippen molar-refractivity contribution in [1.82, 2.24) is 0 Å². The Morgan fingerprint density at radius 2 is 1.76 bits per heavy atom. The molecule has 0 heterocycles. The third-order valence-electron chi connectivity index (χ3n) is 2.70. The minimum atomic E-state index is -0.923. The van der Waals surface area contributed by atoms with Gasteiger partial charge < -0.3 is 15.8 Å². The van der Waals surface area contributed by atoms with Crippen molar-refractivity contribution < 1.29 is 18.3 Å². The number of ether oxygens (including phenoxy) is 1. The standard InChI is InChI=1S/C15H14F2N2O2/c16-10-4-3-5-11(17)14(10)15(20)19-12-6-1-2-7-13(12)21-9-8-18/h1-7H,8-9,18H2,(H,19,20). The second kappa shape index (κ2) is 6.81. The molecule has 0 saturated carbocycles. The average molecular weight is 292 g/mol. The zero-order valence-electron chi connectivity index (χ0n) is 11.1. The molecule has 21 heavy (non-hydrogen) atoms. The molecule has 0 fully saturated rings. The lowest BCUT2D eigenvalue weighted by atomic mass is 10.1. The van der Waals surface area contributed by atoms with Crippen LogP contribution in [0.15, 0.2) is 42.5 Å². The Morgan fingerprint density at radius 3 is 2.43 bits per heavy atom. The highest BCUT2D eigenvalue weighted by atomic mass is 19.1. The molecule has 2 aromatic rings. The number of carbonyl (C=O) groups excluding carboxylic acids is 1. The Hall–Kier alpha value is -2.47. The molecule has 1 amide bonds. The maximum absolute atomic E-state index is 13.6. The van der Waals surface area contributed by atoms with Gasteiger partial charge in [0.25, 0.3) is 5.91 Å². The van der Waals surface area contributed by atoms with Crippen LogP contribution in [0.2, 0.25) is 0 Å². The summed E-state index contributed by atoms with van der Waals surface area (Å²) < 4.78 is 32.5. The minimum Gasteiger partial charge on any atom is -0.490 e. The molecule has 4 nitrogen and oxygen atoms in total. The number of hydrogen-bond donors (Lipinski definition) is 2. The number of nitrogens with one attached hydrogen (secondary N) is 1. The molecule has 6 heteroatoms. The van der Waals surface area contributed by atoms with Gasteiger partial charge in [0, 0.05) is 6.54 Å². The van der Waals surface area contributed by atoms with Crippen molar-refractivity contribution in [2.45, 2.75) is 0 Å². The molecule has 0 bridgehead atoms. The summed E-state index contributed by atoms with van der Waals surface area (Å²) in [6.07, 6.45) is 0. The van der Waals surface area contributed by atoms with E-state index >= 15 is 0 Å². The number of nitrogens with two attached hydrogens (primary N) is 1. The maximum Gasteiger partial charge on any atom is 0.261 e. The topological polar surface area (TPSA) is 64.3 Å². The van der Waals surface area contributed by atoms with Crippen molar-refractivity contribution in [3.8, 4) is 5.75 Å². The first kappa shape index (κ1) is 14.9. The predicted octanol–water partition coefficient (Wildman–Crippen LogP) is 2.55. The van der Waals surface area contributed by atoms with E-state index in [1.807, 2.05) is 0 Å². The first-order valence-electron chi connectivity index (χ1n) is 6.30. The van der Waals surface area contributed by atoms with E-state index in [0.717, 1.165) is 12.1 Å². The first-order chi connectivity index (χ1) is 10.1. The van der Waals surface area contributed by atoms with Crippen LogP contribution in [-0.4, -0.2) is 19.1 Å². The fourth-order valence-corrected chi connectivity index (χ4v) is 1.76. The molecule has 0 radical (unpaired) electrons. The lowest BCUT2D eigenvalue weighted by Gasteiger charge is -2.12. The van der Waals surface area contributed by atoms with Crippen LogP contribution >= 0.6 is 0 Å². The quantitative estimate of drug-likeness (QED) is 0.890. The van der Waals surface area contributed by atoms with Gasteiger partial charge in [-0.25, -0.2) is 8.78 Å². The lowest BCUT2D eigenvalue weighted by Crippen LogP contribution is -2.17. The van der Waals surface area contributed by atoms with Gasteiger partial charge in [0.1, 0.15) is 29.6 Å². The molecule has 0 aliphatic rings. The van der Waals surface area contributed by atoms with Gasteiger partial charge in [-0.3, -0.25) is 4.79 Å². The van der Waals surface area contributed by atoms with Crippen molar-refractivity contribution >= 4 is 11.6 Å². The number of anilines is 1. The Balaban J connectivity index is 2.24. The van der Waals surface area contributed by atoms with Crippen LogP contribution in [0.25, 0.3) is 0 Å². The third kappa shape index (κ3) is 3.55. The van der Waals surface area contributed by atoms with Gasteiger partial charge in [0.05, 0.1) is 5.69 Å². The molecule has 0 aromatic heterocycles. The summed E-state index contributed by atoms with van der Waals surface area (Å²) in [5.74, 6) is -2.34. The summed E-state index contributed by atoms with van der Waals surface area (Å²) in [6.45, 7) is 0.575. The average Bonchev–Trinajstić information content (AvgIpc) is 2.46. The molecule has 2 aromatic carbocycles. The van der Waals surface area contributed by atoms with Crippen molar-refractivity contribution in [2.75, 3.05) is 18.5 Å². The van der Waals surface area contributed by atoms with E-state index in [1.54, 1.807) is 24.3 Å². The van der Waals surface area contributed by atoms with E-state index in [4.69, 9.17) is 10.5 Å². The van der Waals surface area contributed by atoms with E-state index < -0.39 is 23.1 Å². The zero-order chi connectivity index (χ0) is 15.2. The normalized spacial score (nSPS) is 10.2. The van der Waals surface area contributed by atoms with Gasteiger partial charge in [-0.05, 0) is 24.3 Å². The van der Waals surface area contributed by atoms with Crippen LogP contribution in [0.4, 0.5) is 14.5 Å². The van der Waals surface area contributed by atoms with Crippen LogP contribution in [0.1, 0.15) is 10.4 Å². The number of amides is 1. The predicted molar refractivity (Wildman–Crippen MR) is 75.3 cm³/mol. The molecule has 110 valence electrons. The van der Waals surface area contributed by atoms with E-state index in [2.05, 4.69) is 5.32 Å². The summed E-state index contributed by atoms with van der Waals surface area (Å²) in [7, 11) is 0. The van der Waals surface area contributed by atoms with Crippen molar-refractivity contribution in [2.24, 2.45) is 5.73 Å². The van der Waals surface area contributed by atoms with Crippen LogP contribution in [0, 0.1) is 11.6 Å². The number of hydrogen-bond acceptors (Lipinski definition) is 3. The summed E-state index contributed by atoms with van der Waals surface area (Å²) in [5, 5.41) is 2.43. The third-order valence-corrected chi connectivity index (χ3v) is 2.70. The Bertz CT molecular complexity index is 627. The van der Waals surface area contributed by atoms with E-state index in [9.17, 15) is 13.6 Å². The van der Waals surface area contributed by atoms with Crippen LogP contribution in [0.3, 0.4) is 0 Å². The molecule has 0 unspecified atom stereocenters. The monoisotopic (exact) mass is 292 g/mol. The zero-order valence-corrected chi connectivity index (χ0v) is 11.1. The van der Waals surface area contributed by atoms with E-state index in [0.29, 0.717) is 18.0 Å². The molecule has 0 spiro atoms. The van der Waals surface area contributed by atoms with Gasteiger partial charge in [-0.1, -0.05) is 18.2 Å². The molecule has 0 saturated heterocycles.